The lowest BCUT2D eigenvalue weighted by Crippen LogP contribution is -2.39. The Balaban J connectivity index is 2.02. The summed E-state index contributed by atoms with van der Waals surface area (Å²) in [5.41, 5.74) is 1.81. The maximum atomic E-state index is 12.8. The average molecular weight is 449 g/mol. The van der Waals surface area contributed by atoms with Crippen LogP contribution in [0, 0.1) is 0 Å². The summed E-state index contributed by atoms with van der Waals surface area (Å²) >= 11 is 0. The van der Waals surface area contributed by atoms with Crippen LogP contribution in [0.5, 0.6) is 0 Å². The van der Waals surface area contributed by atoms with Crippen LogP contribution in [0.15, 0.2) is 60.7 Å². The number of aliphatic hydroxyl groups excluding tert-OH is 2. The van der Waals surface area contributed by atoms with E-state index < -0.39 is 22.0 Å². The summed E-state index contributed by atoms with van der Waals surface area (Å²) < 4.78 is 25.7. The molecule has 2 N–H and O–H groups in total. The van der Waals surface area contributed by atoms with Crippen LogP contribution in [0.3, 0.4) is 0 Å². The van der Waals surface area contributed by atoms with Gasteiger partial charge in [-0.25, -0.2) is 8.42 Å². The zero-order chi connectivity index (χ0) is 22.7. The number of benzene rings is 2. The van der Waals surface area contributed by atoms with Crippen molar-refractivity contribution in [3.8, 4) is 0 Å². The first-order chi connectivity index (χ1) is 14.8. The Hall–Kier alpha value is -2.09. The summed E-state index contributed by atoms with van der Waals surface area (Å²) in [6.45, 7) is 5.27. The largest absolute Gasteiger partial charge is 0.391 e. The first kappa shape index (κ1) is 25.2. The number of hydrogen-bond donors (Lipinski definition) is 2. The van der Waals surface area contributed by atoms with Gasteiger partial charge in [0, 0.05) is 37.6 Å². The lowest BCUT2D eigenvalue weighted by atomic mass is 10.2. The molecule has 2 aromatic carbocycles. The topological polar surface area (TPSA) is 81.1 Å². The molecule has 7 heteroatoms. The minimum Gasteiger partial charge on any atom is -0.391 e. The van der Waals surface area contributed by atoms with E-state index in [1.165, 1.54) is 0 Å². The van der Waals surface area contributed by atoms with Crippen LogP contribution < -0.4 is 9.80 Å². The molecule has 0 heterocycles. The normalized spacial score (nSPS) is 13.5. The lowest BCUT2D eigenvalue weighted by molar-refractivity contribution is 0.175. The second kappa shape index (κ2) is 12.7. The minimum atomic E-state index is -3.32. The van der Waals surface area contributed by atoms with E-state index in [2.05, 4.69) is 0 Å². The van der Waals surface area contributed by atoms with Crippen LogP contribution in [-0.4, -0.2) is 68.5 Å². The lowest BCUT2D eigenvalue weighted by Gasteiger charge is -2.28. The fourth-order valence-electron chi connectivity index (χ4n) is 3.30. The Morgan fingerprint density at radius 3 is 1.39 bits per heavy atom. The third-order valence-corrected chi connectivity index (χ3v) is 7.00. The summed E-state index contributed by atoms with van der Waals surface area (Å²) in [6, 6.07) is 19.2. The molecule has 0 fully saturated rings. The van der Waals surface area contributed by atoms with Crippen molar-refractivity contribution in [2.75, 3.05) is 47.5 Å². The van der Waals surface area contributed by atoms with Gasteiger partial charge in [0.05, 0.1) is 23.7 Å². The zero-order valence-electron chi connectivity index (χ0n) is 18.6. The van der Waals surface area contributed by atoms with Crippen molar-refractivity contribution in [3.05, 3.63) is 60.7 Å². The molecule has 2 rings (SSSR count). The Morgan fingerprint density at radius 1 is 0.710 bits per heavy atom. The molecule has 0 bridgehead atoms. The first-order valence-corrected chi connectivity index (χ1v) is 12.8. The highest BCUT2D eigenvalue weighted by Gasteiger charge is 2.19. The number of nitrogens with zero attached hydrogens (tertiary/aromatic N) is 2. The summed E-state index contributed by atoms with van der Waals surface area (Å²) in [4.78, 5) is 3.86. The van der Waals surface area contributed by atoms with Crippen LogP contribution in [0.1, 0.15) is 26.7 Å². The monoisotopic (exact) mass is 448 g/mol. The van der Waals surface area contributed by atoms with E-state index >= 15 is 0 Å². The van der Waals surface area contributed by atoms with Crippen molar-refractivity contribution in [1.29, 1.82) is 0 Å². The molecule has 0 aliphatic rings. The van der Waals surface area contributed by atoms with Gasteiger partial charge in [-0.2, -0.15) is 0 Å². The van der Waals surface area contributed by atoms with Crippen LogP contribution in [0.2, 0.25) is 0 Å². The first-order valence-electron chi connectivity index (χ1n) is 11.0. The molecule has 0 aliphatic heterocycles. The van der Waals surface area contributed by atoms with Crippen molar-refractivity contribution in [2.24, 2.45) is 0 Å². The predicted molar refractivity (Wildman–Crippen MR) is 129 cm³/mol. The highest BCUT2D eigenvalue weighted by molar-refractivity contribution is 7.91. The number of para-hydroxylation sites is 2. The maximum Gasteiger partial charge on any atom is 0.153 e. The molecule has 2 unspecified atom stereocenters. The molecule has 6 nitrogen and oxygen atoms in total. The van der Waals surface area contributed by atoms with Crippen molar-refractivity contribution >= 4 is 21.2 Å². The third kappa shape index (κ3) is 8.89. The molecule has 0 spiro atoms. The van der Waals surface area contributed by atoms with Gasteiger partial charge >= 0.3 is 0 Å². The van der Waals surface area contributed by atoms with E-state index in [4.69, 9.17) is 0 Å². The van der Waals surface area contributed by atoms with Gasteiger partial charge in [-0.15, -0.1) is 0 Å². The van der Waals surface area contributed by atoms with Crippen molar-refractivity contribution < 1.29 is 18.6 Å². The van der Waals surface area contributed by atoms with E-state index in [1.54, 1.807) is 0 Å². The molecule has 172 valence electrons. The van der Waals surface area contributed by atoms with Gasteiger partial charge in [0.25, 0.3) is 0 Å². The fraction of sp³-hybridized carbons (Fsp3) is 0.500. The minimum absolute atomic E-state index is 0.0112. The third-order valence-electron chi connectivity index (χ3n) is 5.39. The highest BCUT2D eigenvalue weighted by Crippen LogP contribution is 2.16. The summed E-state index contributed by atoms with van der Waals surface area (Å²) in [6.07, 6.45) is 0.211. The Bertz CT molecular complexity index is 781. The summed E-state index contributed by atoms with van der Waals surface area (Å²) in [5, 5.41) is 20.2. The maximum absolute atomic E-state index is 12.8. The van der Waals surface area contributed by atoms with E-state index in [0.717, 1.165) is 11.4 Å². The van der Waals surface area contributed by atoms with Crippen molar-refractivity contribution in [3.63, 3.8) is 0 Å². The van der Waals surface area contributed by atoms with Gasteiger partial charge in [0.1, 0.15) is 0 Å². The predicted octanol–water partition coefficient (Wildman–Crippen LogP) is 2.96. The Labute approximate surface area is 187 Å². The molecule has 0 aromatic heterocycles. The molecule has 2 atom stereocenters. The van der Waals surface area contributed by atoms with Crippen LogP contribution in [0.25, 0.3) is 0 Å². The number of rotatable bonds is 14. The van der Waals surface area contributed by atoms with Crippen molar-refractivity contribution in [1.82, 2.24) is 0 Å². The number of sulfone groups is 1. The molecule has 31 heavy (non-hydrogen) atoms. The molecular weight excluding hydrogens is 412 g/mol. The number of anilines is 2. The van der Waals surface area contributed by atoms with Crippen LogP contribution >= 0.6 is 0 Å². The zero-order valence-corrected chi connectivity index (χ0v) is 19.4. The smallest absolute Gasteiger partial charge is 0.153 e. The highest BCUT2D eigenvalue weighted by atomic mass is 32.2. The second-order valence-electron chi connectivity index (χ2n) is 7.84. The number of aliphatic hydroxyl groups is 2. The molecule has 2 aromatic rings. The summed E-state index contributed by atoms with van der Waals surface area (Å²) in [5.74, 6) is 0.0224. The molecule has 0 radical (unpaired) electrons. The van der Waals surface area contributed by atoms with E-state index in [1.807, 2.05) is 84.3 Å². The second-order valence-corrected chi connectivity index (χ2v) is 10.1. The Morgan fingerprint density at radius 2 is 1.06 bits per heavy atom. The van der Waals surface area contributed by atoms with Crippen LogP contribution in [0.4, 0.5) is 11.4 Å². The Kier molecular flexibility index (Phi) is 10.3. The molecule has 0 aliphatic carbocycles. The summed E-state index contributed by atoms with van der Waals surface area (Å²) in [7, 11) is -3.32. The van der Waals surface area contributed by atoms with E-state index in [0.29, 0.717) is 39.0 Å². The average Bonchev–Trinajstić information content (AvgIpc) is 2.80. The number of hydrogen-bond acceptors (Lipinski definition) is 6. The standard InChI is InChI=1S/C24H36N2O4S/c1-3-23(27)19-25(21-11-7-5-8-12-21)15-17-31(29,30)18-16-26(20-24(28)4-2)22-13-9-6-10-14-22/h5-14,23-24,27-28H,3-4,15-20H2,1-2H3. The quantitative estimate of drug-likeness (QED) is 0.463. The molecule has 0 saturated heterocycles. The SMILES string of the molecule is CCC(O)CN(CCS(=O)(=O)CCN(CC(O)CC)c1ccccc1)c1ccccc1. The molecular formula is C24H36N2O4S. The van der Waals surface area contributed by atoms with Gasteiger partial charge in [-0.05, 0) is 37.1 Å². The van der Waals surface area contributed by atoms with Gasteiger partial charge < -0.3 is 20.0 Å². The van der Waals surface area contributed by atoms with E-state index in [9.17, 15) is 18.6 Å². The fourth-order valence-corrected chi connectivity index (χ4v) is 4.50. The van der Waals surface area contributed by atoms with Gasteiger partial charge in [-0.1, -0.05) is 50.2 Å². The molecule has 0 saturated carbocycles. The van der Waals surface area contributed by atoms with Crippen molar-refractivity contribution in [2.45, 2.75) is 38.9 Å². The van der Waals surface area contributed by atoms with Crippen LogP contribution in [-0.2, 0) is 9.84 Å². The van der Waals surface area contributed by atoms with Gasteiger partial charge in [0.2, 0.25) is 0 Å². The molecule has 0 amide bonds. The van der Waals surface area contributed by atoms with E-state index in [-0.39, 0.29) is 11.5 Å². The van der Waals surface area contributed by atoms with Gasteiger partial charge in [0.15, 0.2) is 9.84 Å². The van der Waals surface area contributed by atoms with Gasteiger partial charge in [-0.3, -0.25) is 0 Å².